The molecular formula is C18H15N3O4S. The third-order valence-corrected chi connectivity index (χ3v) is 4.33. The van der Waals surface area contributed by atoms with Crippen LogP contribution >= 0.6 is 11.3 Å². The second kappa shape index (κ2) is 8.13. The average Bonchev–Trinajstić information content (AvgIpc) is 3.38. The van der Waals surface area contributed by atoms with E-state index in [2.05, 4.69) is 16.2 Å². The van der Waals surface area contributed by atoms with Crippen molar-refractivity contribution in [3.63, 3.8) is 0 Å². The maximum atomic E-state index is 12.6. The van der Waals surface area contributed by atoms with E-state index in [1.165, 1.54) is 23.7 Å². The van der Waals surface area contributed by atoms with E-state index in [9.17, 15) is 14.4 Å². The number of hydrogen-bond donors (Lipinski definition) is 3. The molecule has 0 aliphatic carbocycles. The van der Waals surface area contributed by atoms with Gasteiger partial charge in [0.2, 0.25) is 0 Å². The van der Waals surface area contributed by atoms with Crippen molar-refractivity contribution in [2.45, 2.75) is 6.04 Å². The highest BCUT2D eigenvalue weighted by atomic mass is 32.1. The fourth-order valence-electron chi connectivity index (χ4n) is 2.22. The number of benzene rings is 1. The highest BCUT2D eigenvalue weighted by molar-refractivity contribution is 7.12. The zero-order chi connectivity index (χ0) is 18.4. The summed E-state index contributed by atoms with van der Waals surface area (Å²) in [6.45, 7) is 0. The van der Waals surface area contributed by atoms with E-state index in [0.717, 1.165) is 0 Å². The van der Waals surface area contributed by atoms with Crippen LogP contribution in [0.5, 0.6) is 0 Å². The molecule has 26 heavy (non-hydrogen) atoms. The number of hydrogen-bond acceptors (Lipinski definition) is 5. The smallest absolute Gasteiger partial charge is 0.305 e. The van der Waals surface area contributed by atoms with Crippen molar-refractivity contribution in [3.05, 3.63) is 82.4 Å². The summed E-state index contributed by atoms with van der Waals surface area (Å²) in [5.74, 6) is -1.49. The number of rotatable bonds is 5. The van der Waals surface area contributed by atoms with Gasteiger partial charge in [-0.05, 0) is 29.1 Å². The molecule has 132 valence electrons. The molecule has 0 bridgehead atoms. The van der Waals surface area contributed by atoms with Crippen molar-refractivity contribution in [1.29, 1.82) is 0 Å². The van der Waals surface area contributed by atoms with Crippen LogP contribution in [0.3, 0.4) is 0 Å². The standard InChI is InChI=1S/C18H15N3O4S/c22-16(13-8-4-10-25-13)20-21-18(24)15(12-6-2-1-3-7-12)19-17(23)14-9-5-11-26-14/h1-11,15H,(H,19,23)(H,20,22)(H,21,24)/t15-/m0/s1. The number of amides is 3. The maximum absolute atomic E-state index is 12.6. The quantitative estimate of drug-likeness (QED) is 0.601. The van der Waals surface area contributed by atoms with Crippen LogP contribution in [0.4, 0.5) is 0 Å². The maximum Gasteiger partial charge on any atom is 0.305 e. The first-order valence-electron chi connectivity index (χ1n) is 7.68. The molecule has 3 rings (SSSR count). The van der Waals surface area contributed by atoms with Gasteiger partial charge in [-0.1, -0.05) is 36.4 Å². The van der Waals surface area contributed by atoms with Gasteiger partial charge >= 0.3 is 5.91 Å². The Balaban J connectivity index is 1.71. The molecule has 2 heterocycles. The number of nitrogens with one attached hydrogen (secondary N) is 3. The predicted octanol–water partition coefficient (Wildman–Crippen LogP) is 2.27. The summed E-state index contributed by atoms with van der Waals surface area (Å²) in [5.41, 5.74) is 5.16. The topological polar surface area (TPSA) is 100 Å². The minimum absolute atomic E-state index is 0.0594. The molecule has 0 saturated heterocycles. The van der Waals surface area contributed by atoms with Gasteiger partial charge in [-0.2, -0.15) is 0 Å². The van der Waals surface area contributed by atoms with Gasteiger partial charge in [-0.15, -0.1) is 11.3 Å². The van der Waals surface area contributed by atoms with Gasteiger partial charge in [-0.3, -0.25) is 25.2 Å². The largest absolute Gasteiger partial charge is 0.459 e. The number of thiophene rings is 1. The zero-order valence-corrected chi connectivity index (χ0v) is 14.3. The summed E-state index contributed by atoms with van der Waals surface area (Å²) in [4.78, 5) is 37.2. The van der Waals surface area contributed by atoms with E-state index in [0.29, 0.717) is 10.4 Å². The number of carbonyl (C=O) groups excluding carboxylic acids is 3. The molecule has 0 aliphatic heterocycles. The van der Waals surface area contributed by atoms with E-state index in [4.69, 9.17) is 4.42 Å². The average molecular weight is 369 g/mol. The lowest BCUT2D eigenvalue weighted by Gasteiger charge is -2.18. The van der Waals surface area contributed by atoms with Crippen molar-refractivity contribution in [2.24, 2.45) is 0 Å². The summed E-state index contributed by atoms with van der Waals surface area (Å²) >= 11 is 1.27. The fourth-order valence-corrected chi connectivity index (χ4v) is 2.84. The molecule has 3 aromatic rings. The van der Waals surface area contributed by atoms with Gasteiger partial charge in [0.15, 0.2) is 5.76 Å². The number of hydrazine groups is 1. The minimum Gasteiger partial charge on any atom is -0.459 e. The molecule has 7 nitrogen and oxygen atoms in total. The van der Waals surface area contributed by atoms with Crippen LogP contribution in [-0.4, -0.2) is 17.7 Å². The Hall–Kier alpha value is -3.39. The van der Waals surface area contributed by atoms with Crippen LogP contribution in [-0.2, 0) is 4.79 Å². The third-order valence-electron chi connectivity index (χ3n) is 3.46. The van der Waals surface area contributed by atoms with Crippen molar-refractivity contribution in [3.8, 4) is 0 Å². The second-order valence-electron chi connectivity index (χ2n) is 5.22. The molecular weight excluding hydrogens is 354 g/mol. The molecule has 2 aromatic heterocycles. The van der Waals surface area contributed by atoms with E-state index < -0.39 is 17.9 Å². The van der Waals surface area contributed by atoms with Gasteiger partial charge in [0.1, 0.15) is 6.04 Å². The Morgan fingerprint density at radius 3 is 2.35 bits per heavy atom. The second-order valence-corrected chi connectivity index (χ2v) is 6.16. The third kappa shape index (κ3) is 4.17. The van der Waals surface area contributed by atoms with Gasteiger partial charge in [0.05, 0.1) is 11.1 Å². The first kappa shape index (κ1) is 17.4. The summed E-state index contributed by atoms with van der Waals surface area (Å²) in [6.07, 6.45) is 1.35. The fraction of sp³-hybridized carbons (Fsp3) is 0.0556. The van der Waals surface area contributed by atoms with E-state index in [1.54, 1.807) is 53.9 Å². The molecule has 0 spiro atoms. The normalized spacial score (nSPS) is 11.4. The highest BCUT2D eigenvalue weighted by Crippen LogP contribution is 2.15. The van der Waals surface area contributed by atoms with Crippen molar-refractivity contribution >= 4 is 29.1 Å². The van der Waals surface area contributed by atoms with Crippen LogP contribution in [0.25, 0.3) is 0 Å². The molecule has 8 heteroatoms. The Bertz CT molecular complexity index is 877. The predicted molar refractivity (Wildman–Crippen MR) is 95.3 cm³/mol. The van der Waals surface area contributed by atoms with Crippen molar-refractivity contribution in [2.75, 3.05) is 0 Å². The van der Waals surface area contributed by atoms with E-state index in [-0.39, 0.29) is 11.7 Å². The van der Waals surface area contributed by atoms with Gasteiger partial charge in [0.25, 0.3) is 11.8 Å². The van der Waals surface area contributed by atoms with Crippen LogP contribution in [0, 0.1) is 0 Å². The monoisotopic (exact) mass is 369 g/mol. The Kier molecular flexibility index (Phi) is 5.45. The number of carbonyl (C=O) groups is 3. The molecule has 0 unspecified atom stereocenters. The zero-order valence-electron chi connectivity index (χ0n) is 13.5. The molecule has 0 radical (unpaired) electrons. The van der Waals surface area contributed by atoms with E-state index in [1.807, 2.05) is 0 Å². The van der Waals surface area contributed by atoms with Crippen LogP contribution in [0.15, 0.2) is 70.7 Å². The van der Waals surface area contributed by atoms with Gasteiger partial charge in [-0.25, -0.2) is 0 Å². The Morgan fingerprint density at radius 1 is 0.885 bits per heavy atom. The lowest BCUT2D eigenvalue weighted by molar-refractivity contribution is -0.123. The van der Waals surface area contributed by atoms with E-state index >= 15 is 0 Å². The molecule has 1 atom stereocenters. The van der Waals surface area contributed by atoms with Crippen LogP contribution in [0.1, 0.15) is 31.8 Å². The molecule has 0 saturated carbocycles. The molecule has 1 aromatic carbocycles. The minimum atomic E-state index is -0.970. The lowest BCUT2D eigenvalue weighted by Crippen LogP contribution is -2.48. The summed E-state index contributed by atoms with van der Waals surface area (Å²) in [7, 11) is 0. The van der Waals surface area contributed by atoms with Crippen molar-refractivity contribution in [1.82, 2.24) is 16.2 Å². The Morgan fingerprint density at radius 2 is 1.69 bits per heavy atom. The lowest BCUT2D eigenvalue weighted by atomic mass is 10.1. The van der Waals surface area contributed by atoms with Gasteiger partial charge in [0, 0.05) is 0 Å². The number of furan rings is 1. The summed E-state index contributed by atoms with van der Waals surface area (Å²) < 4.78 is 4.95. The Labute approximate surface area is 153 Å². The molecule has 0 aliphatic rings. The summed E-state index contributed by atoms with van der Waals surface area (Å²) in [5, 5.41) is 4.45. The first-order valence-corrected chi connectivity index (χ1v) is 8.56. The molecule has 3 N–H and O–H groups in total. The SMILES string of the molecule is O=C(NNC(=O)[C@@H](NC(=O)c1cccs1)c1ccccc1)c1ccco1. The van der Waals surface area contributed by atoms with Gasteiger partial charge < -0.3 is 9.73 Å². The highest BCUT2D eigenvalue weighted by Gasteiger charge is 2.24. The van der Waals surface area contributed by atoms with Crippen LogP contribution < -0.4 is 16.2 Å². The first-order chi connectivity index (χ1) is 12.6. The molecule has 0 fully saturated rings. The molecule has 3 amide bonds. The van der Waals surface area contributed by atoms with Crippen molar-refractivity contribution < 1.29 is 18.8 Å². The summed E-state index contributed by atoms with van der Waals surface area (Å²) in [6, 6.07) is 14.2. The van der Waals surface area contributed by atoms with Crippen LogP contribution in [0.2, 0.25) is 0 Å².